The van der Waals surface area contributed by atoms with E-state index in [0.29, 0.717) is 16.6 Å². The molecule has 7 nitrogen and oxygen atoms in total. The van der Waals surface area contributed by atoms with Crippen molar-refractivity contribution in [2.45, 2.75) is 12.1 Å². The number of carbonyl (C=O) groups is 2. The van der Waals surface area contributed by atoms with Crippen molar-refractivity contribution in [3.63, 3.8) is 0 Å². The molecule has 1 aromatic heterocycles. The molecule has 1 heterocycles. The number of ether oxygens (including phenoxy) is 1. The highest BCUT2D eigenvalue weighted by Crippen LogP contribution is 2.24. The summed E-state index contributed by atoms with van der Waals surface area (Å²) in [4.78, 5) is 31.7. The molecule has 0 saturated carbocycles. The lowest BCUT2D eigenvalue weighted by atomic mass is 10.2. The molecule has 126 valence electrons. The quantitative estimate of drug-likeness (QED) is 0.585. The van der Waals surface area contributed by atoms with E-state index in [1.807, 2.05) is 13.0 Å². The van der Waals surface area contributed by atoms with E-state index in [9.17, 15) is 9.59 Å². The number of amides is 2. The van der Waals surface area contributed by atoms with Crippen LogP contribution in [0.3, 0.4) is 0 Å². The molecule has 0 bridgehead atoms. The molecule has 0 aliphatic rings. The molecule has 2 aromatic rings. The number of nitrogens with zero attached hydrogens (tertiary/aromatic N) is 2. The molecule has 0 atom stereocenters. The second kappa shape index (κ2) is 8.88. The highest BCUT2D eigenvalue weighted by molar-refractivity contribution is 7.99. The summed E-state index contributed by atoms with van der Waals surface area (Å²) < 4.78 is 5.20. The largest absolute Gasteiger partial charge is 0.495 e. The van der Waals surface area contributed by atoms with Crippen LogP contribution in [0.5, 0.6) is 5.75 Å². The third-order valence-electron chi connectivity index (χ3n) is 2.95. The Hall–Kier alpha value is -2.61. The third-order valence-corrected chi connectivity index (χ3v) is 3.83. The Bertz CT molecular complexity index is 710. The van der Waals surface area contributed by atoms with E-state index in [4.69, 9.17) is 4.74 Å². The molecule has 2 rings (SSSR count). The summed E-state index contributed by atoms with van der Waals surface area (Å²) in [6.45, 7) is 1.80. The van der Waals surface area contributed by atoms with E-state index in [1.54, 1.807) is 30.6 Å². The number of aromatic nitrogens is 2. The molecular formula is C16H18N4O3S. The lowest BCUT2D eigenvalue weighted by molar-refractivity contribution is -0.122. The van der Waals surface area contributed by atoms with Gasteiger partial charge >= 0.3 is 0 Å². The molecule has 8 heteroatoms. The van der Waals surface area contributed by atoms with Crippen molar-refractivity contribution in [3.8, 4) is 5.75 Å². The first-order valence-electron chi connectivity index (χ1n) is 7.19. The van der Waals surface area contributed by atoms with Gasteiger partial charge in [0.25, 0.3) is 0 Å². The van der Waals surface area contributed by atoms with E-state index in [2.05, 4.69) is 20.6 Å². The number of methoxy groups -OCH3 is 1. The summed E-state index contributed by atoms with van der Waals surface area (Å²) in [5.74, 6) is 0.120. The number of hydrogen-bond donors (Lipinski definition) is 2. The SMILES string of the molecule is COc1ccc(C)cc1NC(=O)CNC(=O)CSc1ncccn1. The maximum absolute atomic E-state index is 12.0. The van der Waals surface area contributed by atoms with Crippen molar-refractivity contribution < 1.29 is 14.3 Å². The van der Waals surface area contributed by atoms with Crippen LogP contribution in [0.15, 0.2) is 41.8 Å². The van der Waals surface area contributed by atoms with E-state index in [0.717, 1.165) is 5.56 Å². The Morgan fingerprint density at radius 2 is 1.96 bits per heavy atom. The predicted octanol–water partition coefficient (Wildman–Crippen LogP) is 1.64. The van der Waals surface area contributed by atoms with Crippen LogP contribution in [0.1, 0.15) is 5.56 Å². The first-order chi connectivity index (χ1) is 11.6. The highest BCUT2D eigenvalue weighted by Gasteiger charge is 2.10. The summed E-state index contributed by atoms with van der Waals surface area (Å²) in [5, 5.41) is 5.79. The first-order valence-corrected chi connectivity index (χ1v) is 8.18. The van der Waals surface area contributed by atoms with Crippen molar-refractivity contribution in [2.24, 2.45) is 0 Å². The lowest BCUT2D eigenvalue weighted by Crippen LogP contribution is -2.34. The molecule has 0 fully saturated rings. The van der Waals surface area contributed by atoms with Crippen molar-refractivity contribution in [1.29, 1.82) is 0 Å². The standard InChI is InChI=1S/C16H18N4O3S/c1-11-4-5-13(23-2)12(8-11)20-14(21)9-19-15(22)10-24-16-17-6-3-7-18-16/h3-8H,9-10H2,1-2H3,(H,19,22)(H,20,21). The molecule has 24 heavy (non-hydrogen) atoms. The fourth-order valence-corrected chi connectivity index (χ4v) is 2.47. The minimum atomic E-state index is -0.326. The van der Waals surface area contributed by atoms with Crippen LogP contribution < -0.4 is 15.4 Å². The number of benzene rings is 1. The van der Waals surface area contributed by atoms with Crippen LogP contribution in [0.4, 0.5) is 5.69 Å². The second-order valence-corrected chi connectivity index (χ2v) is 5.79. The van der Waals surface area contributed by atoms with E-state index in [-0.39, 0.29) is 24.1 Å². The number of rotatable bonds is 7. The molecule has 0 aliphatic carbocycles. The molecule has 0 saturated heterocycles. The summed E-state index contributed by atoms with van der Waals surface area (Å²) in [6, 6.07) is 7.17. The van der Waals surface area contributed by atoms with Gasteiger partial charge in [0.05, 0.1) is 25.1 Å². The average Bonchev–Trinajstić information content (AvgIpc) is 2.59. The number of anilines is 1. The zero-order valence-electron chi connectivity index (χ0n) is 13.4. The van der Waals surface area contributed by atoms with Gasteiger partial charge in [-0.25, -0.2) is 9.97 Å². The van der Waals surface area contributed by atoms with Gasteiger partial charge in [0.15, 0.2) is 5.16 Å². The Kier molecular flexibility index (Phi) is 6.56. The van der Waals surface area contributed by atoms with Crippen LogP contribution in [0.25, 0.3) is 0 Å². The number of nitrogens with one attached hydrogen (secondary N) is 2. The Morgan fingerprint density at radius 1 is 1.21 bits per heavy atom. The molecule has 0 spiro atoms. The molecule has 0 radical (unpaired) electrons. The molecule has 0 aliphatic heterocycles. The van der Waals surface area contributed by atoms with Gasteiger partial charge in [-0.05, 0) is 30.7 Å². The van der Waals surface area contributed by atoms with Gasteiger partial charge in [0, 0.05) is 12.4 Å². The van der Waals surface area contributed by atoms with Gasteiger partial charge in [-0.2, -0.15) is 0 Å². The van der Waals surface area contributed by atoms with E-state index < -0.39 is 0 Å². The topological polar surface area (TPSA) is 93.2 Å². The lowest BCUT2D eigenvalue weighted by Gasteiger charge is -2.11. The Balaban J connectivity index is 1.78. The summed E-state index contributed by atoms with van der Waals surface area (Å²) in [7, 11) is 1.53. The van der Waals surface area contributed by atoms with Gasteiger partial charge in [-0.3, -0.25) is 9.59 Å². The van der Waals surface area contributed by atoms with E-state index in [1.165, 1.54) is 18.9 Å². The number of aryl methyl sites for hydroxylation is 1. The predicted molar refractivity (Wildman–Crippen MR) is 92.1 cm³/mol. The molecule has 2 amide bonds. The van der Waals surface area contributed by atoms with Crippen LogP contribution in [-0.2, 0) is 9.59 Å². The van der Waals surface area contributed by atoms with Crippen molar-refractivity contribution in [2.75, 3.05) is 24.7 Å². The van der Waals surface area contributed by atoms with Crippen LogP contribution >= 0.6 is 11.8 Å². The van der Waals surface area contributed by atoms with Gasteiger partial charge in [0.2, 0.25) is 11.8 Å². The fourth-order valence-electron chi connectivity index (χ4n) is 1.83. The van der Waals surface area contributed by atoms with Crippen molar-refractivity contribution >= 4 is 29.3 Å². The molecule has 2 N–H and O–H groups in total. The summed E-state index contributed by atoms with van der Waals surface area (Å²) in [5.41, 5.74) is 1.57. The Labute approximate surface area is 144 Å². The Morgan fingerprint density at radius 3 is 2.67 bits per heavy atom. The highest BCUT2D eigenvalue weighted by atomic mass is 32.2. The zero-order valence-corrected chi connectivity index (χ0v) is 14.2. The molecular weight excluding hydrogens is 328 g/mol. The monoisotopic (exact) mass is 346 g/mol. The van der Waals surface area contributed by atoms with Gasteiger partial charge in [0.1, 0.15) is 5.75 Å². The maximum atomic E-state index is 12.0. The van der Waals surface area contributed by atoms with Gasteiger partial charge in [-0.1, -0.05) is 17.8 Å². The maximum Gasteiger partial charge on any atom is 0.243 e. The summed E-state index contributed by atoms with van der Waals surface area (Å²) in [6.07, 6.45) is 3.21. The third kappa shape index (κ3) is 5.54. The van der Waals surface area contributed by atoms with Crippen LogP contribution in [-0.4, -0.2) is 41.2 Å². The van der Waals surface area contributed by atoms with Crippen LogP contribution in [0, 0.1) is 6.92 Å². The minimum absolute atomic E-state index is 0.119. The molecule has 1 aromatic carbocycles. The van der Waals surface area contributed by atoms with E-state index >= 15 is 0 Å². The normalized spacial score (nSPS) is 10.1. The molecule has 0 unspecified atom stereocenters. The van der Waals surface area contributed by atoms with Gasteiger partial charge < -0.3 is 15.4 Å². The number of thioether (sulfide) groups is 1. The number of carbonyl (C=O) groups excluding carboxylic acids is 2. The van der Waals surface area contributed by atoms with Gasteiger partial charge in [-0.15, -0.1) is 0 Å². The zero-order chi connectivity index (χ0) is 17.4. The fraction of sp³-hybridized carbons (Fsp3) is 0.250. The smallest absolute Gasteiger partial charge is 0.243 e. The minimum Gasteiger partial charge on any atom is -0.495 e. The van der Waals surface area contributed by atoms with Crippen molar-refractivity contribution in [1.82, 2.24) is 15.3 Å². The van der Waals surface area contributed by atoms with Crippen molar-refractivity contribution in [3.05, 3.63) is 42.2 Å². The van der Waals surface area contributed by atoms with Crippen LogP contribution in [0.2, 0.25) is 0 Å². The average molecular weight is 346 g/mol. The second-order valence-electron chi connectivity index (χ2n) is 4.85. The number of hydrogen-bond acceptors (Lipinski definition) is 6. The first kappa shape index (κ1) is 17.7. The summed E-state index contributed by atoms with van der Waals surface area (Å²) >= 11 is 1.21.